The third kappa shape index (κ3) is 4.65. The molecule has 0 fully saturated rings. The van der Waals surface area contributed by atoms with Gasteiger partial charge in [0.25, 0.3) is 0 Å². The normalized spacial score (nSPS) is 10.3. The van der Waals surface area contributed by atoms with Crippen LogP contribution in [0.15, 0.2) is 54.6 Å². The number of benzene rings is 2. The van der Waals surface area contributed by atoms with Gasteiger partial charge in [0.05, 0.1) is 0 Å². The van der Waals surface area contributed by atoms with Crippen molar-refractivity contribution in [3.8, 4) is 0 Å². The molecule has 0 radical (unpaired) electrons. The molecule has 2 aromatic carbocycles. The highest BCUT2D eigenvalue weighted by Crippen LogP contribution is 2.05. The predicted molar refractivity (Wildman–Crippen MR) is 83.5 cm³/mol. The van der Waals surface area contributed by atoms with Crippen LogP contribution in [0.1, 0.15) is 39.6 Å². The summed E-state index contributed by atoms with van der Waals surface area (Å²) in [5.74, 6) is 0.220. The number of hydrogen-bond donors (Lipinski definition) is 1. The summed E-state index contributed by atoms with van der Waals surface area (Å²) >= 11 is 0. The standard InChI is InChI=1S/C18H19NO2/c1-14(20)16-9-7-15(8-10-16)13-19-12-11-18(21)17-5-3-2-4-6-17/h2-10,19H,11-13H2,1H3. The van der Waals surface area contributed by atoms with Crippen LogP contribution in [-0.4, -0.2) is 18.1 Å². The van der Waals surface area contributed by atoms with E-state index in [0.29, 0.717) is 19.5 Å². The van der Waals surface area contributed by atoms with E-state index in [1.54, 1.807) is 6.92 Å². The lowest BCUT2D eigenvalue weighted by Gasteiger charge is -2.05. The van der Waals surface area contributed by atoms with E-state index < -0.39 is 0 Å². The van der Waals surface area contributed by atoms with Gasteiger partial charge in [-0.2, -0.15) is 0 Å². The summed E-state index contributed by atoms with van der Waals surface area (Å²) in [6, 6.07) is 16.8. The van der Waals surface area contributed by atoms with Gasteiger partial charge in [-0.1, -0.05) is 54.6 Å². The van der Waals surface area contributed by atoms with Crippen molar-refractivity contribution in [3.63, 3.8) is 0 Å². The maximum absolute atomic E-state index is 11.9. The molecule has 21 heavy (non-hydrogen) atoms. The Balaban J connectivity index is 1.75. The fourth-order valence-electron chi connectivity index (χ4n) is 2.06. The van der Waals surface area contributed by atoms with Crippen LogP contribution in [-0.2, 0) is 6.54 Å². The highest BCUT2D eigenvalue weighted by atomic mass is 16.1. The number of hydrogen-bond acceptors (Lipinski definition) is 3. The zero-order chi connectivity index (χ0) is 15.1. The summed E-state index contributed by atoms with van der Waals surface area (Å²) in [6.45, 7) is 2.89. The summed E-state index contributed by atoms with van der Waals surface area (Å²) in [6.07, 6.45) is 0.482. The smallest absolute Gasteiger partial charge is 0.164 e. The van der Waals surface area contributed by atoms with Gasteiger partial charge in [-0.05, 0) is 12.5 Å². The molecule has 0 amide bonds. The topological polar surface area (TPSA) is 46.2 Å². The SMILES string of the molecule is CC(=O)c1ccc(CNCCC(=O)c2ccccc2)cc1. The number of carbonyl (C=O) groups is 2. The summed E-state index contributed by atoms with van der Waals surface area (Å²) < 4.78 is 0. The van der Waals surface area contributed by atoms with Crippen LogP contribution in [0.2, 0.25) is 0 Å². The molecule has 3 heteroatoms. The molecular formula is C18H19NO2. The van der Waals surface area contributed by atoms with E-state index in [4.69, 9.17) is 0 Å². The van der Waals surface area contributed by atoms with Crippen molar-refractivity contribution in [2.45, 2.75) is 19.9 Å². The minimum Gasteiger partial charge on any atom is -0.312 e. The van der Waals surface area contributed by atoms with Gasteiger partial charge < -0.3 is 5.32 Å². The van der Waals surface area contributed by atoms with Crippen molar-refractivity contribution < 1.29 is 9.59 Å². The van der Waals surface area contributed by atoms with Gasteiger partial charge in [-0.15, -0.1) is 0 Å². The van der Waals surface area contributed by atoms with Crippen molar-refractivity contribution in [2.24, 2.45) is 0 Å². The zero-order valence-corrected chi connectivity index (χ0v) is 12.1. The molecule has 108 valence electrons. The van der Waals surface area contributed by atoms with Gasteiger partial charge in [0.1, 0.15) is 0 Å². The molecule has 0 unspecified atom stereocenters. The second kappa shape index (κ2) is 7.50. The molecule has 0 saturated heterocycles. The zero-order valence-electron chi connectivity index (χ0n) is 12.1. The highest BCUT2D eigenvalue weighted by molar-refractivity contribution is 5.96. The van der Waals surface area contributed by atoms with E-state index in [2.05, 4.69) is 5.32 Å². The fraction of sp³-hybridized carbons (Fsp3) is 0.222. The maximum atomic E-state index is 11.9. The molecule has 0 spiro atoms. The minimum absolute atomic E-state index is 0.0722. The van der Waals surface area contributed by atoms with Crippen molar-refractivity contribution in [3.05, 3.63) is 71.3 Å². The Morgan fingerprint density at radius 3 is 2.19 bits per heavy atom. The number of carbonyl (C=O) groups excluding carboxylic acids is 2. The molecule has 2 aromatic rings. The van der Waals surface area contributed by atoms with Crippen LogP contribution in [0, 0.1) is 0 Å². The Kier molecular flexibility index (Phi) is 5.41. The Labute approximate surface area is 125 Å². The van der Waals surface area contributed by atoms with Crippen LogP contribution in [0.3, 0.4) is 0 Å². The molecule has 0 aliphatic heterocycles. The highest BCUT2D eigenvalue weighted by Gasteiger charge is 2.04. The molecule has 0 aliphatic carbocycles. The Morgan fingerprint density at radius 1 is 0.905 bits per heavy atom. The molecule has 0 aromatic heterocycles. The van der Waals surface area contributed by atoms with Gasteiger partial charge in [-0.3, -0.25) is 9.59 Å². The first-order valence-electron chi connectivity index (χ1n) is 7.05. The summed E-state index contributed by atoms with van der Waals surface area (Å²) in [5, 5.41) is 3.25. The van der Waals surface area contributed by atoms with Crippen molar-refractivity contribution in [1.82, 2.24) is 5.32 Å². The van der Waals surface area contributed by atoms with Gasteiger partial charge in [-0.25, -0.2) is 0 Å². The van der Waals surface area contributed by atoms with E-state index in [-0.39, 0.29) is 11.6 Å². The second-order valence-corrected chi connectivity index (χ2v) is 4.97. The predicted octanol–water partition coefficient (Wildman–Crippen LogP) is 3.25. The lowest BCUT2D eigenvalue weighted by molar-refractivity contribution is 0.0980. The first-order chi connectivity index (χ1) is 10.2. The van der Waals surface area contributed by atoms with Crippen molar-refractivity contribution in [2.75, 3.05) is 6.54 Å². The first kappa shape index (κ1) is 15.1. The fourth-order valence-corrected chi connectivity index (χ4v) is 2.06. The maximum Gasteiger partial charge on any atom is 0.164 e. The molecular weight excluding hydrogens is 262 g/mol. The van der Waals surface area contributed by atoms with Gasteiger partial charge in [0.15, 0.2) is 11.6 Å². The molecule has 0 saturated carbocycles. The van der Waals surface area contributed by atoms with E-state index in [9.17, 15) is 9.59 Å². The van der Waals surface area contributed by atoms with Crippen molar-refractivity contribution >= 4 is 11.6 Å². The molecule has 2 rings (SSSR count). The number of rotatable bonds is 7. The van der Waals surface area contributed by atoms with E-state index in [1.807, 2.05) is 54.6 Å². The quantitative estimate of drug-likeness (QED) is 0.626. The minimum atomic E-state index is 0.0722. The number of ketones is 2. The summed E-state index contributed by atoms with van der Waals surface area (Å²) in [4.78, 5) is 23.1. The Hall–Kier alpha value is -2.26. The second-order valence-electron chi connectivity index (χ2n) is 4.97. The van der Waals surface area contributed by atoms with Crippen molar-refractivity contribution in [1.29, 1.82) is 0 Å². The van der Waals surface area contributed by atoms with E-state index in [0.717, 1.165) is 16.7 Å². The van der Waals surface area contributed by atoms with Gasteiger partial charge in [0, 0.05) is 30.6 Å². The Bertz CT molecular complexity index is 603. The largest absolute Gasteiger partial charge is 0.312 e. The van der Waals surface area contributed by atoms with Gasteiger partial charge in [0.2, 0.25) is 0 Å². The molecule has 0 atom stereocenters. The summed E-state index contributed by atoms with van der Waals surface area (Å²) in [7, 11) is 0. The van der Waals surface area contributed by atoms with Crippen LogP contribution < -0.4 is 5.32 Å². The van der Waals surface area contributed by atoms with Crippen LogP contribution in [0.4, 0.5) is 0 Å². The van der Waals surface area contributed by atoms with Crippen LogP contribution in [0.5, 0.6) is 0 Å². The Morgan fingerprint density at radius 2 is 1.57 bits per heavy atom. The molecule has 3 nitrogen and oxygen atoms in total. The van der Waals surface area contributed by atoms with Crippen LogP contribution in [0.25, 0.3) is 0 Å². The lowest BCUT2D eigenvalue weighted by Crippen LogP contribution is -2.18. The van der Waals surface area contributed by atoms with E-state index in [1.165, 1.54) is 0 Å². The number of nitrogens with one attached hydrogen (secondary N) is 1. The first-order valence-corrected chi connectivity index (χ1v) is 7.05. The lowest BCUT2D eigenvalue weighted by atomic mass is 10.1. The average Bonchev–Trinajstić information content (AvgIpc) is 2.52. The summed E-state index contributed by atoms with van der Waals surface area (Å²) in [5.41, 5.74) is 2.58. The molecule has 0 bridgehead atoms. The molecule has 1 N–H and O–H groups in total. The monoisotopic (exact) mass is 281 g/mol. The van der Waals surface area contributed by atoms with Crippen LogP contribution >= 0.6 is 0 Å². The number of Topliss-reactive ketones (excluding diaryl/α,β-unsaturated/α-hetero) is 2. The third-order valence-electron chi connectivity index (χ3n) is 3.31. The third-order valence-corrected chi connectivity index (χ3v) is 3.31. The molecule has 0 heterocycles. The van der Waals surface area contributed by atoms with Gasteiger partial charge >= 0.3 is 0 Å². The average molecular weight is 281 g/mol. The van der Waals surface area contributed by atoms with E-state index >= 15 is 0 Å². The molecule has 0 aliphatic rings.